The number of hydrogen-bond donors (Lipinski definition) is 1. The summed E-state index contributed by atoms with van der Waals surface area (Å²) in [6.45, 7) is 4.79. The number of carboxylic acid groups (broad SMARTS) is 1. The first kappa shape index (κ1) is 29.0. The summed E-state index contributed by atoms with van der Waals surface area (Å²) in [5, 5.41) is 12.0. The highest BCUT2D eigenvalue weighted by Crippen LogP contribution is 2.33. The number of sulfone groups is 1. The molecule has 0 amide bonds. The Morgan fingerprint density at radius 1 is 0.927 bits per heavy atom. The van der Waals surface area contributed by atoms with Gasteiger partial charge in [0.2, 0.25) is 0 Å². The Bertz CT molecular complexity index is 1570. The van der Waals surface area contributed by atoms with Crippen molar-refractivity contribution < 1.29 is 18.3 Å². The van der Waals surface area contributed by atoms with Gasteiger partial charge in [-0.1, -0.05) is 67.8 Å². The molecule has 0 unspecified atom stereocenters. The van der Waals surface area contributed by atoms with Gasteiger partial charge in [-0.25, -0.2) is 18.2 Å². The molecule has 5 rings (SSSR count). The third-order valence-corrected chi connectivity index (χ3v) is 10.4. The van der Waals surface area contributed by atoms with Crippen LogP contribution in [0.25, 0.3) is 11.3 Å². The minimum atomic E-state index is -3.48. The quantitative estimate of drug-likeness (QED) is 0.202. The second-order valence-corrected chi connectivity index (χ2v) is 13.9. The molecular weight excluding hydrogens is 553 g/mol. The Balaban J connectivity index is 1.26. The number of aromatic nitrogens is 1. The summed E-state index contributed by atoms with van der Waals surface area (Å²) in [6, 6.07) is 22.2. The zero-order chi connectivity index (χ0) is 29.0. The van der Waals surface area contributed by atoms with Gasteiger partial charge in [-0.05, 0) is 73.6 Å². The first-order chi connectivity index (χ1) is 19.7. The number of benzene rings is 3. The second-order valence-electron chi connectivity index (χ2n) is 11.1. The van der Waals surface area contributed by atoms with Crippen LogP contribution in [0.2, 0.25) is 0 Å². The number of anilines is 1. The molecule has 0 radical (unpaired) electrons. The molecule has 0 spiro atoms. The van der Waals surface area contributed by atoms with E-state index in [9.17, 15) is 13.2 Å². The summed E-state index contributed by atoms with van der Waals surface area (Å²) in [5.41, 5.74) is 5.05. The smallest absolute Gasteiger partial charge is 0.335 e. The van der Waals surface area contributed by atoms with E-state index in [2.05, 4.69) is 30.9 Å². The van der Waals surface area contributed by atoms with Gasteiger partial charge in [0.15, 0.2) is 15.0 Å². The maximum absolute atomic E-state index is 13.2. The standard InChI is InChI=1S/C33H36N2O4S2/c1-23(2)35(20-24-8-14-29(15-9-24)32(36)37)33-34-31(21-40-33)28-16-18-30(19-17-28)41(38,39)22-25-10-12-27(13-11-25)26-6-4-3-5-7-26/h8-19,21,23,26H,3-7,20,22H2,1-2H3,(H,36,37). The molecule has 0 bridgehead atoms. The topological polar surface area (TPSA) is 87.6 Å². The molecule has 214 valence electrons. The lowest BCUT2D eigenvalue weighted by Crippen LogP contribution is -2.30. The minimum Gasteiger partial charge on any atom is -0.478 e. The average molecular weight is 589 g/mol. The van der Waals surface area contributed by atoms with E-state index >= 15 is 0 Å². The van der Waals surface area contributed by atoms with Crippen molar-refractivity contribution in [2.75, 3.05) is 4.90 Å². The van der Waals surface area contributed by atoms with E-state index in [-0.39, 0.29) is 17.4 Å². The average Bonchev–Trinajstić information content (AvgIpc) is 3.47. The van der Waals surface area contributed by atoms with E-state index < -0.39 is 15.8 Å². The van der Waals surface area contributed by atoms with Crippen molar-refractivity contribution in [2.45, 2.75) is 75.1 Å². The fraction of sp³-hybridized carbons (Fsp3) is 0.333. The van der Waals surface area contributed by atoms with E-state index in [0.717, 1.165) is 27.5 Å². The van der Waals surface area contributed by atoms with Crippen LogP contribution in [0.5, 0.6) is 0 Å². The Kier molecular flexibility index (Phi) is 8.90. The van der Waals surface area contributed by atoms with Crippen molar-refractivity contribution in [3.63, 3.8) is 0 Å². The van der Waals surface area contributed by atoms with Gasteiger partial charge in [0, 0.05) is 23.5 Å². The molecule has 0 atom stereocenters. The number of carbonyl (C=O) groups is 1. The Morgan fingerprint density at radius 3 is 2.17 bits per heavy atom. The molecule has 4 aromatic rings. The molecule has 1 N–H and O–H groups in total. The predicted octanol–water partition coefficient (Wildman–Crippen LogP) is 7.94. The highest BCUT2D eigenvalue weighted by molar-refractivity contribution is 7.90. The summed E-state index contributed by atoms with van der Waals surface area (Å²) >= 11 is 1.53. The molecule has 6 nitrogen and oxygen atoms in total. The Hall–Kier alpha value is -3.49. The zero-order valence-corrected chi connectivity index (χ0v) is 25.1. The van der Waals surface area contributed by atoms with Gasteiger partial charge < -0.3 is 10.0 Å². The SMILES string of the molecule is CC(C)N(Cc1ccc(C(=O)O)cc1)c1nc(-c2ccc(S(=O)(=O)Cc3ccc(C4CCCCC4)cc3)cc2)cs1. The molecule has 1 aliphatic carbocycles. The van der Waals surface area contributed by atoms with Crippen LogP contribution in [0.4, 0.5) is 5.13 Å². The molecule has 1 heterocycles. The van der Waals surface area contributed by atoms with Gasteiger partial charge in [-0.3, -0.25) is 0 Å². The third-order valence-electron chi connectivity index (χ3n) is 7.84. The number of aromatic carboxylic acids is 1. The van der Waals surface area contributed by atoms with Crippen LogP contribution in [0.15, 0.2) is 83.1 Å². The van der Waals surface area contributed by atoms with Crippen molar-refractivity contribution in [2.24, 2.45) is 0 Å². The summed E-state index contributed by atoms with van der Waals surface area (Å²) in [7, 11) is -3.48. The molecule has 1 fully saturated rings. The van der Waals surface area contributed by atoms with Gasteiger partial charge in [0.05, 0.1) is 21.9 Å². The van der Waals surface area contributed by atoms with Crippen molar-refractivity contribution in [3.8, 4) is 11.3 Å². The number of thiazole rings is 1. The van der Waals surface area contributed by atoms with Gasteiger partial charge in [0.1, 0.15) is 0 Å². The lowest BCUT2D eigenvalue weighted by molar-refractivity contribution is 0.0697. The van der Waals surface area contributed by atoms with E-state index in [1.54, 1.807) is 24.3 Å². The van der Waals surface area contributed by atoms with Crippen LogP contribution in [-0.4, -0.2) is 30.5 Å². The fourth-order valence-corrected chi connectivity index (χ4v) is 7.72. The Labute approximate surface area is 246 Å². The highest BCUT2D eigenvalue weighted by atomic mass is 32.2. The van der Waals surface area contributed by atoms with E-state index in [1.807, 2.05) is 41.8 Å². The van der Waals surface area contributed by atoms with Crippen LogP contribution in [0.1, 0.15) is 78.9 Å². The Morgan fingerprint density at radius 2 is 1.56 bits per heavy atom. The van der Waals surface area contributed by atoms with E-state index in [1.165, 1.54) is 49.0 Å². The van der Waals surface area contributed by atoms with Gasteiger partial charge in [-0.15, -0.1) is 11.3 Å². The maximum Gasteiger partial charge on any atom is 0.335 e. The van der Waals surface area contributed by atoms with Crippen molar-refractivity contribution in [1.29, 1.82) is 0 Å². The third kappa shape index (κ3) is 7.05. The minimum absolute atomic E-state index is 0.0189. The lowest BCUT2D eigenvalue weighted by Gasteiger charge is -2.26. The van der Waals surface area contributed by atoms with Crippen molar-refractivity contribution in [3.05, 3.63) is 100 Å². The largest absolute Gasteiger partial charge is 0.478 e. The molecule has 0 aliphatic heterocycles. The molecule has 1 aliphatic rings. The number of nitrogens with zero attached hydrogens (tertiary/aromatic N) is 2. The monoisotopic (exact) mass is 588 g/mol. The lowest BCUT2D eigenvalue weighted by atomic mass is 9.84. The predicted molar refractivity (Wildman–Crippen MR) is 165 cm³/mol. The van der Waals surface area contributed by atoms with Crippen LogP contribution in [0.3, 0.4) is 0 Å². The second kappa shape index (κ2) is 12.6. The molecule has 1 saturated carbocycles. The number of carboxylic acids is 1. The fourth-order valence-electron chi connectivity index (χ4n) is 5.41. The number of hydrogen-bond acceptors (Lipinski definition) is 6. The molecule has 8 heteroatoms. The summed E-state index contributed by atoms with van der Waals surface area (Å²) in [6.07, 6.45) is 6.32. The number of rotatable bonds is 10. The van der Waals surface area contributed by atoms with Gasteiger partial charge >= 0.3 is 5.97 Å². The normalized spacial score (nSPS) is 14.3. The van der Waals surface area contributed by atoms with Gasteiger partial charge in [0.25, 0.3) is 0 Å². The van der Waals surface area contributed by atoms with Crippen LogP contribution < -0.4 is 4.90 Å². The first-order valence-electron chi connectivity index (χ1n) is 14.2. The molecule has 3 aromatic carbocycles. The van der Waals surface area contributed by atoms with Crippen molar-refractivity contribution in [1.82, 2.24) is 4.98 Å². The summed E-state index contributed by atoms with van der Waals surface area (Å²) < 4.78 is 26.4. The van der Waals surface area contributed by atoms with Crippen LogP contribution in [-0.2, 0) is 22.1 Å². The summed E-state index contributed by atoms with van der Waals surface area (Å²) in [4.78, 5) is 18.5. The van der Waals surface area contributed by atoms with E-state index in [0.29, 0.717) is 17.4 Å². The highest BCUT2D eigenvalue weighted by Gasteiger charge is 2.20. The summed E-state index contributed by atoms with van der Waals surface area (Å²) in [5.74, 6) is -0.357. The molecule has 1 aromatic heterocycles. The zero-order valence-electron chi connectivity index (χ0n) is 23.5. The maximum atomic E-state index is 13.2. The van der Waals surface area contributed by atoms with E-state index in [4.69, 9.17) is 10.1 Å². The van der Waals surface area contributed by atoms with Crippen LogP contribution >= 0.6 is 11.3 Å². The van der Waals surface area contributed by atoms with Crippen LogP contribution in [0, 0.1) is 0 Å². The van der Waals surface area contributed by atoms with Crippen molar-refractivity contribution >= 4 is 32.3 Å². The molecular formula is C33H36N2O4S2. The molecule has 0 saturated heterocycles. The molecule has 41 heavy (non-hydrogen) atoms. The van der Waals surface area contributed by atoms with Gasteiger partial charge in [-0.2, -0.15) is 0 Å². The first-order valence-corrected chi connectivity index (χ1v) is 16.7.